The summed E-state index contributed by atoms with van der Waals surface area (Å²) in [4.78, 5) is 23.2. The largest absolute Gasteiger partial charge is 0.460 e. The molecule has 0 radical (unpaired) electrons. The van der Waals surface area contributed by atoms with Crippen LogP contribution in [0.15, 0.2) is 24.3 Å². The van der Waals surface area contributed by atoms with Gasteiger partial charge in [0.25, 0.3) is 0 Å². The van der Waals surface area contributed by atoms with Crippen LogP contribution in [0.3, 0.4) is 0 Å². The van der Waals surface area contributed by atoms with Crippen molar-refractivity contribution in [1.29, 1.82) is 0 Å². The van der Waals surface area contributed by atoms with Crippen LogP contribution in [-0.2, 0) is 104 Å². The maximum absolute atomic E-state index is 11.7. The van der Waals surface area contributed by atoms with Crippen LogP contribution in [0.4, 0.5) is 0 Å². The number of rotatable bonds is 59. The Hall–Kier alpha value is -2.30. The number of carbonyl (C=O) groups excluding carboxylic acids is 2. The summed E-state index contributed by atoms with van der Waals surface area (Å²) in [5.74, 6) is -0.856. The molecule has 0 bridgehead atoms. The Kier molecular flexibility index (Phi) is 49.9. The summed E-state index contributed by atoms with van der Waals surface area (Å²) in [6.45, 7) is 54.9. The van der Waals surface area contributed by atoms with E-state index >= 15 is 0 Å². The molecule has 22 nitrogen and oxygen atoms in total. The van der Waals surface area contributed by atoms with Crippen LogP contribution in [0.1, 0.15) is 145 Å². The van der Waals surface area contributed by atoms with E-state index in [0.717, 1.165) is 0 Å². The Morgan fingerprint density at radius 1 is 0.207 bits per heavy atom. The summed E-state index contributed by atoms with van der Waals surface area (Å²) in [6, 6.07) is 0. The van der Waals surface area contributed by atoms with Crippen molar-refractivity contribution >= 4 is 11.9 Å². The van der Waals surface area contributed by atoms with Crippen molar-refractivity contribution in [3.05, 3.63) is 24.3 Å². The molecule has 0 fully saturated rings. The molecule has 0 rings (SSSR count). The average molecular weight is 1260 g/mol. The number of hydrogen-bond acceptors (Lipinski definition) is 22. The van der Waals surface area contributed by atoms with Crippen LogP contribution < -0.4 is 0 Å². The van der Waals surface area contributed by atoms with Crippen molar-refractivity contribution in [3.63, 3.8) is 0 Å². The SMILES string of the molecule is C=C(C)C(=O)OCC(C)OCC(C)OCC(C)OCC(C)OCC(C)OCC(C)OCC(C)OCC(C)OCC(C)OCC(C)OCC(C)OCC(C)OCC(C)OCC(C)OCC(C)OCC(C)OCC(C)OCC(C)OCC(C)OC(=O)C(=C)C. The van der Waals surface area contributed by atoms with Crippen LogP contribution in [0.25, 0.3) is 0 Å². The highest BCUT2D eigenvalue weighted by Gasteiger charge is 2.20. The van der Waals surface area contributed by atoms with Crippen LogP contribution in [-0.4, -0.2) is 253 Å². The zero-order chi connectivity index (χ0) is 65.9. The molecule has 0 spiro atoms. The first-order chi connectivity index (χ1) is 40.9. The molecule has 0 amide bonds. The predicted octanol–water partition coefficient (Wildman–Crippen LogP) is 8.91. The monoisotopic (exact) mass is 1260 g/mol. The summed E-state index contributed by atoms with van der Waals surface area (Å²) in [5.41, 5.74) is 0.711. The Balaban J connectivity index is 4.05. The van der Waals surface area contributed by atoms with E-state index in [1.54, 1.807) is 20.8 Å². The van der Waals surface area contributed by atoms with Crippen LogP contribution in [0.2, 0.25) is 0 Å². The second kappa shape index (κ2) is 51.2. The number of esters is 2. The van der Waals surface area contributed by atoms with E-state index in [0.29, 0.717) is 123 Å². The van der Waals surface area contributed by atoms with Crippen molar-refractivity contribution < 1.29 is 104 Å². The van der Waals surface area contributed by atoms with Gasteiger partial charge in [-0.05, 0) is 145 Å². The minimum atomic E-state index is -0.428. The standard InChI is InChI=1S/C65H124O22/c1-43(2)64(66)86-41-62(22)84-39-60(20)82-37-58(18)80-35-56(16)78-33-54(14)76-31-52(12)74-29-50(10)72-27-48(8)70-25-46(6)68-24-45(5)69-26-47(7)71-28-49(9)73-30-51(11)75-32-53(13)77-34-55(15)79-36-57(17)81-38-59(19)83-40-61(21)85-42-63(23)87-65(67)44(3)4/h45-63H,1,3,24-42H2,2,4-23H3. The lowest BCUT2D eigenvalue weighted by atomic mass is 10.3. The third-order valence-electron chi connectivity index (χ3n) is 12.5. The second-order valence-electron chi connectivity index (χ2n) is 24.0. The maximum Gasteiger partial charge on any atom is 0.333 e. The molecule has 0 aliphatic heterocycles. The molecule has 0 aromatic heterocycles. The van der Waals surface area contributed by atoms with Gasteiger partial charge in [0.2, 0.25) is 0 Å². The van der Waals surface area contributed by atoms with Gasteiger partial charge in [-0.25, -0.2) is 9.59 Å². The van der Waals surface area contributed by atoms with Gasteiger partial charge in [-0.15, -0.1) is 0 Å². The lowest BCUT2D eigenvalue weighted by Crippen LogP contribution is -2.31. The Morgan fingerprint density at radius 3 is 0.448 bits per heavy atom. The fraction of sp³-hybridized carbons (Fsp3) is 0.908. The highest BCUT2D eigenvalue weighted by atomic mass is 16.6. The molecule has 87 heavy (non-hydrogen) atoms. The second-order valence-corrected chi connectivity index (χ2v) is 24.0. The molecule has 0 saturated carbocycles. The van der Waals surface area contributed by atoms with Gasteiger partial charge in [0.15, 0.2) is 0 Å². The van der Waals surface area contributed by atoms with Gasteiger partial charge in [0.05, 0.1) is 229 Å². The van der Waals surface area contributed by atoms with Crippen molar-refractivity contribution in [1.82, 2.24) is 0 Å². The van der Waals surface area contributed by atoms with Crippen LogP contribution in [0, 0.1) is 0 Å². The minimum absolute atomic E-state index is 0.124. The summed E-state index contributed by atoms with van der Waals surface area (Å²) in [6.07, 6.45) is -2.86. The highest BCUT2D eigenvalue weighted by Crippen LogP contribution is 2.11. The van der Waals surface area contributed by atoms with E-state index in [9.17, 15) is 9.59 Å². The molecule has 0 aliphatic carbocycles. The van der Waals surface area contributed by atoms with Crippen molar-refractivity contribution in [2.45, 2.75) is 261 Å². The molecule has 0 saturated heterocycles. The van der Waals surface area contributed by atoms with E-state index in [4.69, 9.17) is 94.7 Å². The zero-order valence-corrected chi connectivity index (χ0v) is 57.8. The summed E-state index contributed by atoms with van der Waals surface area (Å²) < 4.78 is 117. The van der Waals surface area contributed by atoms with Gasteiger partial charge in [-0.1, -0.05) is 13.2 Å². The smallest absolute Gasteiger partial charge is 0.333 e. The molecule has 516 valence electrons. The van der Waals surface area contributed by atoms with E-state index in [1.165, 1.54) is 0 Å². The first-order valence-corrected chi connectivity index (χ1v) is 31.7. The van der Waals surface area contributed by atoms with Gasteiger partial charge in [-0.2, -0.15) is 0 Å². The number of ether oxygens (including phenoxy) is 20. The number of carbonyl (C=O) groups is 2. The molecule has 0 heterocycles. The first-order valence-electron chi connectivity index (χ1n) is 31.7. The Morgan fingerprint density at radius 2 is 0.322 bits per heavy atom. The fourth-order valence-electron chi connectivity index (χ4n) is 6.90. The molecular weight excluding hydrogens is 1130 g/mol. The van der Waals surface area contributed by atoms with Gasteiger partial charge >= 0.3 is 11.9 Å². The molecule has 19 unspecified atom stereocenters. The van der Waals surface area contributed by atoms with Crippen molar-refractivity contribution in [2.24, 2.45) is 0 Å². The average Bonchev–Trinajstić information content (AvgIpc) is 3.55. The molecule has 0 aromatic rings. The normalized spacial score (nSPS) is 18.7. The van der Waals surface area contributed by atoms with Crippen LogP contribution >= 0.6 is 0 Å². The van der Waals surface area contributed by atoms with Gasteiger partial charge in [0, 0.05) is 11.1 Å². The molecule has 0 aromatic carbocycles. The molecule has 19 atom stereocenters. The van der Waals surface area contributed by atoms with E-state index in [-0.39, 0.29) is 129 Å². The quantitative estimate of drug-likeness (QED) is 0.0410. The Labute approximate surface area is 525 Å². The maximum atomic E-state index is 11.7. The molecule has 0 aliphatic rings. The summed E-state index contributed by atoms with van der Waals surface area (Å²) >= 11 is 0. The Bertz CT molecular complexity index is 1710. The van der Waals surface area contributed by atoms with Gasteiger partial charge in [0.1, 0.15) is 12.7 Å². The van der Waals surface area contributed by atoms with Crippen LogP contribution in [0.5, 0.6) is 0 Å². The van der Waals surface area contributed by atoms with E-state index in [1.807, 2.05) is 125 Å². The molecular formula is C65H124O22. The molecule has 0 N–H and O–H groups in total. The molecule has 22 heteroatoms. The topological polar surface area (TPSA) is 219 Å². The fourth-order valence-corrected chi connectivity index (χ4v) is 6.90. The van der Waals surface area contributed by atoms with E-state index < -0.39 is 11.9 Å². The van der Waals surface area contributed by atoms with Crippen molar-refractivity contribution in [3.8, 4) is 0 Å². The zero-order valence-electron chi connectivity index (χ0n) is 57.8. The highest BCUT2D eigenvalue weighted by molar-refractivity contribution is 5.87. The summed E-state index contributed by atoms with van der Waals surface area (Å²) in [5, 5.41) is 0. The van der Waals surface area contributed by atoms with Crippen molar-refractivity contribution in [2.75, 3.05) is 126 Å². The number of hydrogen-bond donors (Lipinski definition) is 0. The lowest BCUT2D eigenvalue weighted by molar-refractivity contribution is -0.148. The van der Waals surface area contributed by atoms with Gasteiger partial charge < -0.3 is 94.7 Å². The summed E-state index contributed by atoms with van der Waals surface area (Å²) in [7, 11) is 0. The predicted molar refractivity (Wildman–Crippen MR) is 334 cm³/mol. The minimum Gasteiger partial charge on any atom is -0.460 e. The van der Waals surface area contributed by atoms with Gasteiger partial charge in [-0.3, -0.25) is 0 Å². The third kappa shape index (κ3) is 51.0. The first kappa shape index (κ1) is 84.7. The lowest BCUT2D eigenvalue weighted by Gasteiger charge is -2.24. The third-order valence-corrected chi connectivity index (χ3v) is 12.5. The van der Waals surface area contributed by atoms with E-state index in [2.05, 4.69) is 13.2 Å².